The van der Waals surface area contributed by atoms with Crippen LogP contribution in [-0.4, -0.2) is 19.6 Å². The molecule has 0 bridgehead atoms. The van der Waals surface area contributed by atoms with E-state index in [2.05, 4.69) is 38.2 Å². The smallest absolute Gasteiger partial charge is 0.337 e. The summed E-state index contributed by atoms with van der Waals surface area (Å²) in [5.41, 5.74) is 4.21. The molecule has 0 aromatic heterocycles. The van der Waals surface area contributed by atoms with E-state index in [1.54, 1.807) is 12.1 Å². The lowest BCUT2D eigenvalue weighted by atomic mass is 10.1. The molecule has 1 rings (SSSR count). The molecular weight excluding hydrogens is 262 g/mol. The molecule has 0 saturated heterocycles. The molecule has 0 unspecified atom stereocenters. The summed E-state index contributed by atoms with van der Waals surface area (Å²) in [7, 11) is 1.39. The van der Waals surface area contributed by atoms with Crippen LogP contribution in [-0.2, 0) is 4.74 Å². The number of carbonyl (C=O) groups excluding carboxylic acids is 1. The molecule has 1 N–H and O–H groups in total. The Labute approximate surface area is 127 Å². The molecular formula is C18H25NO2. The average Bonchev–Trinajstić information content (AvgIpc) is 2.46. The minimum atomic E-state index is -0.313. The number of esters is 1. The van der Waals surface area contributed by atoms with Crippen molar-refractivity contribution in [3.8, 4) is 0 Å². The van der Waals surface area contributed by atoms with Gasteiger partial charge in [0, 0.05) is 12.2 Å². The van der Waals surface area contributed by atoms with Gasteiger partial charge < -0.3 is 10.1 Å². The van der Waals surface area contributed by atoms with E-state index in [1.807, 2.05) is 12.1 Å². The second-order valence-corrected chi connectivity index (χ2v) is 5.32. The fourth-order valence-corrected chi connectivity index (χ4v) is 1.91. The van der Waals surface area contributed by atoms with Crippen molar-refractivity contribution in [2.45, 2.75) is 33.6 Å². The fourth-order valence-electron chi connectivity index (χ4n) is 1.91. The number of nitrogens with one attached hydrogen (secondary N) is 1. The standard InChI is InChI=1S/C18H25NO2/c1-14(2)7-5-8-15(3)11-12-19-17-10-6-9-16(13-17)18(20)21-4/h6-7,9-11,13,19H,5,8,12H2,1-4H3/b15-11+. The van der Waals surface area contributed by atoms with Crippen molar-refractivity contribution in [3.63, 3.8) is 0 Å². The summed E-state index contributed by atoms with van der Waals surface area (Å²) in [6, 6.07) is 7.34. The molecule has 0 amide bonds. The normalized spacial score (nSPS) is 11.0. The highest BCUT2D eigenvalue weighted by Crippen LogP contribution is 2.12. The maximum absolute atomic E-state index is 11.5. The number of methoxy groups -OCH3 is 1. The lowest BCUT2D eigenvalue weighted by Crippen LogP contribution is -2.04. The Hall–Kier alpha value is -2.03. The van der Waals surface area contributed by atoms with E-state index in [9.17, 15) is 4.79 Å². The number of anilines is 1. The van der Waals surface area contributed by atoms with Crippen molar-refractivity contribution >= 4 is 11.7 Å². The molecule has 0 radical (unpaired) electrons. The van der Waals surface area contributed by atoms with Gasteiger partial charge in [-0.25, -0.2) is 4.79 Å². The molecule has 3 heteroatoms. The Kier molecular flexibility index (Phi) is 7.30. The Morgan fingerprint density at radius 2 is 2.00 bits per heavy atom. The van der Waals surface area contributed by atoms with Crippen LogP contribution in [0.2, 0.25) is 0 Å². The molecule has 3 nitrogen and oxygen atoms in total. The predicted molar refractivity (Wildman–Crippen MR) is 88.7 cm³/mol. The van der Waals surface area contributed by atoms with Crippen LogP contribution in [0.15, 0.2) is 47.6 Å². The Morgan fingerprint density at radius 1 is 1.24 bits per heavy atom. The summed E-state index contributed by atoms with van der Waals surface area (Å²) in [4.78, 5) is 11.5. The number of hydrogen-bond acceptors (Lipinski definition) is 3. The van der Waals surface area contributed by atoms with Gasteiger partial charge in [0.1, 0.15) is 0 Å². The van der Waals surface area contributed by atoms with Gasteiger partial charge in [-0.15, -0.1) is 0 Å². The second-order valence-electron chi connectivity index (χ2n) is 5.32. The first-order chi connectivity index (χ1) is 10.0. The van der Waals surface area contributed by atoms with E-state index in [4.69, 9.17) is 4.74 Å². The highest BCUT2D eigenvalue weighted by Gasteiger charge is 2.04. The van der Waals surface area contributed by atoms with Crippen LogP contribution in [0.5, 0.6) is 0 Å². The lowest BCUT2D eigenvalue weighted by molar-refractivity contribution is 0.0601. The molecule has 0 heterocycles. The average molecular weight is 287 g/mol. The van der Waals surface area contributed by atoms with Crippen molar-refractivity contribution in [2.75, 3.05) is 19.0 Å². The van der Waals surface area contributed by atoms with E-state index >= 15 is 0 Å². The second kappa shape index (κ2) is 9.01. The fraction of sp³-hybridized carbons (Fsp3) is 0.389. The quantitative estimate of drug-likeness (QED) is 0.589. The topological polar surface area (TPSA) is 38.3 Å². The van der Waals surface area contributed by atoms with Crippen molar-refractivity contribution in [1.82, 2.24) is 0 Å². The molecule has 0 aliphatic rings. The molecule has 0 aliphatic heterocycles. The van der Waals surface area contributed by atoms with Gasteiger partial charge in [-0.1, -0.05) is 29.4 Å². The third kappa shape index (κ3) is 6.80. The van der Waals surface area contributed by atoms with Crippen molar-refractivity contribution in [3.05, 3.63) is 53.1 Å². The van der Waals surface area contributed by atoms with Gasteiger partial charge in [-0.2, -0.15) is 0 Å². The molecule has 1 aromatic carbocycles. The van der Waals surface area contributed by atoms with Crippen LogP contribution in [0.3, 0.4) is 0 Å². The Morgan fingerprint density at radius 3 is 2.67 bits per heavy atom. The third-order valence-electron chi connectivity index (χ3n) is 3.13. The number of rotatable bonds is 7. The number of allylic oxidation sites excluding steroid dienone is 3. The van der Waals surface area contributed by atoms with Gasteiger partial charge in [0.15, 0.2) is 0 Å². The summed E-state index contributed by atoms with van der Waals surface area (Å²) in [6.07, 6.45) is 6.60. The third-order valence-corrected chi connectivity index (χ3v) is 3.13. The molecule has 21 heavy (non-hydrogen) atoms. The molecule has 0 aliphatic carbocycles. The zero-order valence-electron chi connectivity index (χ0n) is 13.4. The molecule has 0 spiro atoms. The number of ether oxygens (including phenoxy) is 1. The maximum atomic E-state index is 11.5. The van der Waals surface area contributed by atoms with Crippen molar-refractivity contribution in [1.29, 1.82) is 0 Å². The summed E-state index contributed by atoms with van der Waals surface area (Å²) in [6.45, 7) is 7.14. The summed E-state index contributed by atoms with van der Waals surface area (Å²) in [5.74, 6) is -0.313. The Bertz CT molecular complexity index is 526. The van der Waals surface area contributed by atoms with Gasteiger partial charge in [-0.05, 0) is 51.8 Å². The highest BCUT2D eigenvalue weighted by atomic mass is 16.5. The minimum absolute atomic E-state index is 0.313. The maximum Gasteiger partial charge on any atom is 0.337 e. The zero-order valence-corrected chi connectivity index (χ0v) is 13.4. The van der Waals surface area contributed by atoms with Gasteiger partial charge >= 0.3 is 5.97 Å². The van der Waals surface area contributed by atoms with Crippen LogP contribution in [0, 0.1) is 0 Å². The lowest BCUT2D eigenvalue weighted by Gasteiger charge is -2.06. The van der Waals surface area contributed by atoms with Crippen LogP contribution in [0.1, 0.15) is 44.0 Å². The predicted octanol–water partition coefficient (Wildman–Crippen LogP) is 4.58. The monoisotopic (exact) mass is 287 g/mol. The molecule has 0 saturated carbocycles. The molecule has 0 fully saturated rings. The number of carbonyl (C=O) groups is 1. The minimum Gasteiger partial charge on any atom is -0.465 e. The first-order valence-electron chi connectivity index (χ1n) is 7.24. The van der Waals surface area contributed by atoms with Crippen LogP contribution >= 0.6 is 0 Å². The highest BCUT2D eigenvalue weighted by molar-refractivity contribution is 5.90. The SMILES string of the molecule is COC(=O)c1cccc(NC/C=C(\C)CCC=C(C)C)c1. The van der Waals surface area contributed by atoms with Crippen molar-refractivity contribution < 1.29 is 9.53 Å². The summed E-state index contributed by atoms with van der Waals surface area (Å²) < 4.78 is 4.71. The van der Waals surface area contributed by atoms with Crippen LogP contribution in [0.25, 0.3) is 0 Å². The zero-order chi connectivity index (χ0) is 15.7. The molecule has 114 valence electrons. The van der Waals surface area contributed by atoms with Gasteiger partial charge in [0.05, 0.1) is 12.7 Å². The largest absolute Gasteiger partial charge is 0.465 e. The summed E-state index contributed by atoms with van der Waals surface area (Å²) in [5, 5.41) is 3.29. The van der Waals surface area contributed by atoms with Crippen LogP contribution in [0.4, 0.5) is 5.69 Å². The molecule has 0 atom stereocenters. The van der Waals surface area contributed by atoms with Gasteiger partial charge in [0.25, 0.3) is 0 Å². The molecule has 1 aromatic rings. The first-order valence-corrected chi connectivity index (χ1v) is 7.24. The number of benzene rings is 1. The van der Waals surface area contributed by atoms with E-state index in [-0.39, 0.29) is 5.97 Å². The van der Waals surface area contributed by atoms with Crippen LogP contribution < -0.4 is 5.32 Å². The Balaban J connectivity index is 2.48. The summed E-state index contributed by atoms with van der Waals surface area (Å²) >= 11 is 0. The van der Waals surface area contributed by atoms with E-state index in [1.165, 1.54) is 18.3 Å². The van der Waals surface area contributed by atoms with E-state index < -0.39 is 0 Å². The van der Waals surface area contributed by atoms with E-state index in [0.29, 0.717) is 5.56 Å². The van der Waals surface area contributed by atoms with Crippen molar-refractivity contribution in [2.24, 2.45) is 0 Å². The van der Waals surface area contributed by atoms with E-state index in [0.717, 1.165) is 25.1 Å². The number of hydrogen-bond donors (Lipinski definition) is 1. The van der Waals surface area contributed by atoms with Gasteiger partial charge in [-0.3, -0.25) is 0 Å². The first kappa shape index (κ1) is 17.0. The van der Waals surface area contributed by atoms with Gasteiger partial charge in [0.2, 0.25) is 0 Å².